The molecule has 0 bridgehead atoms. The van der Waals surface area contributed by atoms with Crippen molar-refractivity contribution in [2.24, 2.45) is 7.05 Å². The Hall–Kier alpha value is -0.970. The number of nitrogens with zero attached hydrogens (tertiary/aromatic N) is 2. The van der Waals surface area contributed by atoms with E-state index in [4.69, 9.17) is 0 Å². The first-order valence-corrected chi connectivity index (χ1v) is 5.07. The fourth-order valence-corrected chi connectivity index (χ4v) is 1.20. The maximum Gasteiger partial charge on any atom is 0.237 e. The summed E-state index contributed by atoms with van der Waals surface area (Å²) < 4.78 is 1.69. The number of aromatic nitrogens is 2. The van der Waals surface area contributed by atoms with Crippen molar-refractivity contribution in [1.82, 2.24) is 9.78 Å². The zero-order valence-electron chi connectivity index (χ0n) is 8.61. The van der Waals surface area contributed by atoms with Crippen LogP contribution < -0.4 is 5.32 Å². The summed E-state index contributed by atoms with van der Waals surface area (Å²) in [5.41, 5.74) is 1.68. The largest absolute Gasteiger partial charge is 0.322 e. The molecule has 14 heavy (non-hydrogen) atoms. The lowest BCUT2D eigenvalue weighted by molar-refractivity contribution is -0.115. The lowest BCUT2D eigenvalue weighted by Gasteiger charge is -2.05. The molecule has 0 saturated carbocycles. The van der Waals surface area contributed by atoms with Crippen molar-refractivity contribution in [2.75, 3.05) is 5.32 Å². The maximum atomic E-state index is 11.4. The second-order valence-electron chi connectivity index (χ2n) is 3.18. The van der Waals surface area contributed by atoms with Gasteiger partial charge in [0, 0.05) is 13.2 Å². The Kier molecular flexibility index (Phi) is 3.57. The second kappa shape index (κ2) is 4.50. The van der Waals surface area contributed by atoms with E-state index in [1.807, 2.05) is 14.0 Å². The third-order valence-electron chi connectivity index (χ3n) is 1.88. The molecule has 0 saturated heterocycles. The van der Waals surface area contributed by atoms with Crippen LogP contribution >= 0.6 is 12.6 Å². The van der Waals surface area contributed by atoms with Crippen molar-refractivity contribution in [3.63, 3.8) is 0 Å². The van der Waals surface area contributed by atoms with Gasteiger partial charge in [-0.25, -0.2) is 0 Å². The van der Waals surface area contributed by atoms with E-state index >= 15 is 0 Å². The number of rotatable bonds is 3. The molecule has 0 spiro atoms. The van der Waals surface area contributed by atoms with Crippen molar-refractivity contribution in [2.45, 2.75) is 25.5 Å². The van der Waals surface area contributed by atoms with Crippen molar-refractivity contribution < 1.29 is 4.79 Å². The van der Waals surface area contributed by atoms with Gasteiger partial charge in [-0.05, 0) is 13.3 Å². The molecule has 0 aromatic carbocycles. The summed E-state index contributed by atoms with van der Waals surface area (Å²) in [5.74, 6) is -0.101. The van der Waals surface area contributed by atoms with E-state index in [1.54, 1.807) is 17.8 Å². The summed E-state index contributed by atoms with van der Waals surface area (Å²) >= 11 is 4.05. The molecule has 5 heteroatoms. The number of amides is 1. The SMILES string of the molecule is CCc1nn(C)cc1NC(=O)C(C)S. The van der Waals surface area contributed by atoms with Crippen LogP contribution in [0.3, 0.4) is 0 Å². The molecular formula is C9H15N3OS. The van der Waals surface area contributed by atoms with Crippen LogP contribution in [-0.2, 0) is 18.3 Å². The summed E-state index contributed by atoms with van der Waals surface area (Å²) in [5, 5.41) is 6.70. The number of hydrogen-bond donors (Lipinski definition) is 2. The molecule has 1 amide bonds. The third kappa shape index (κ3) is 2.51. The predicted molar refractivity (Wildman–Crippen MR) is 59.7 cm³/mol. The van der Waals surface area contributed by atoms with Gasteiger partial charge in [0.25, 0.3) is 0 Å². The highest BCUT2D eigenvalue weighted by molar-refractivity contribution is 7.81. The van der Waals surface area contributed by atoms with Crippen LogP contribution in [-0.4, -0.2) is 20.9 Å². The van der Waals surface area contributed by atoms with E-state index in [1.165, 1.54) is 0 Å². The third-order valence-corrected chi connectivity index (χ3v) is 2.11. The lowest BCUT2D eigenvalue weighted by atomic mass is 10.3. The molecule has 0 aliphatic carbocycles. The van der Waals surface area contributed by atoms with Crippen LogP contribution in [0.5, 0.6) is 0 Å². The zero-order chi connectivity index (χ0) is 10.7. The molecular weight excluding hydrogens is 198 g/mol. The number of thiol groups is 1. The Morgan fingerprint density at radius 2 is 2.43 bits per heavy atom. The van der Waals surface area contributed by atoms with Crippen LogP contribution in [0, 0.1) is 0 Å². The average Bonchev–Trinajstić information content (AvgIpc) is 2.45. The molecule has 1 N–H and O–H groups in total. The van der Waals surface area contributed by atoms with Crippen molar-refractivity contribution in [3.05, 3.63) is 11.9 Å². The van der Waals surface area contributed by atoms with Gasteiger partial charge in [-0.3, -0.25) is 9.48 Å². The molecule has 0 aliphatic heterocycles. The number of hydrogen-bond acceptors (Lipinski definition) is 3. The number of anilines is 1. The van der Waals surface area contributed by atoms with Crippen LogP contribution in [0.4, 0.5) is 5.69 Å². The Morgan fingerprint density at radius 1 is 1.79 bits per heavy atom. The van der Waals surface area contributed by atoms with Crippen LogP contribution in [0.1, 0.15) is 19.5 Å². The Bertz CT molecular complexity index is 333. The van der Waals surface area contributed by atoms with Crippen LogP contribution in [0.2, 0.25) is 0 Å². The first-order chi connectivity index (χ1) is 6.54. The number of carbonyl (C=O) groups excluding carboxylic acids is 1. The lowest BCUT2D eigenvalue weighted by Crippen LogP contribution is -2.20. The topological polar surface area (TPSA) is 46.9 Å². The summed E-state index contributed by atoms with van der Waals surface area (Å²) in [6, 6.07) is 0. The van der Waals surface area contributed by atoms with Gasteiger partial charge in [-0.15, -0.1) is 0 Å². The van der Waals surface area contributed by atoms with Gasteiger partial charge in [0.05, 0.1) is 16.6 Å². The van der Waals surface area contributed by atoms with Gasteiger partial charge in [0.2, 0.25) is 5.91 Å². The minimum atomic E-state index is -0.306. The van der Waals surface area contributed by atoms with E-state index < -0.39 is 0 Å². The van der Waals surface area contributed by atoms with E-state index in [0.29, 0.717) is 0 Å². The van der Waals surface area contributed by atoms with Crippen LogP contribution in [0.15, 0.2) is 6.20 Å². The second-order valence-corrected chi connectivity index (χ2v) is 3.96. The first kappa shape index (κ1) is 11.1. The summed E-state index contributed by atoms with van der Waals surface area (Å²) in [7, 11) is 1.83. The zero-order valence-corrected chi connectivity index (χ0v) is 9.51. The standard InChI is InChI=1S/C9H15N3OS/c1-4-7-8(5-12(3)11-7)10-9(13)6(2)14/h5-6,14H,4H2,1-3H3,(H,10,13). The molecule has 0 fully saturated rings. The molecule has 0 aliphatic rings. The highest BCUT2D eigenvalue weighted by Crippen LogP contribution is 2.14. The minimum absolute atomic E-state index is 0.101. The van der Waals surface area contributed by atoms with E-state index in [-0.39, 0.29) is 11.2 Å². The summed E-state index contributed by atoms with van der Waals surface area (Å²) in [6.07, 6.45) is 2.60. The Labute approximate surface area is 89.1 Å². The van der Waals surface area contributed by atoms with Gasteiger partial charge in [0.15, 0.2) is 0 Å². The predicted octanol–water partition coefficient (Wildman–Crippen LogP) is 1.24. The van der Waals surface area contributed by atoms with E-state index in [2.05, 4.69) is 23.0 Å². The van der Waals surface area contributed by atoms with Gasteiger partial charge in [-0.2, -0.15) is 17.7 Å². The highest BCUT2D eigenvalue weighted by atomic mass is 32.1. The van der Waals surface area contributed by atoms with Crippen LogP contribution in [0.25, 0.3) is 0 Å². The minimum Gasteiger partial charge on any atom is -0.322 e. The fourth-order valence-electron chi connectivity index (χ4n) is 1.14. The van der Waals surface area contributed by atoms with Gasteiger partial charge < -0.3 is 5.32 Å². The number of nitrogens with one attached hydrogen (secondary N) is 1. The normalized spacial score (nSPS) is 12.6. The molecule has 1 heterocycles. The average molecular weight is 213 g/mol. The van der Waals surface area contributed by atoms with Crippen molar-refractivity contribution in [1.29, 1.82) is 0 Å². The summed E-state index contributed by atoms with van der Waals surface area (Å²) in [4.78, 5) is 11.4. The van der Waals surface area contributed by atoms with Gasteiger partial charge in [-0.1, -0.05) is 6.92 Å². The van der Waals surface area contributed by atoms with Crippen molar-refractivity contribution >= 4 is 24.2 Å². The number of carbonyl (C=O) groups is 1. The Balaban J connectivity index is 2.80. The Morgan fingerprint density at radius 3 is 2.93 bits per heavy atom. The molecule has 78 valence electrons. The molecule has 1 aromatic heterocycles. The van der Waals surface area contributed by atoms with E-state index in [9.17, 15) is 4.79 Å². The highest BCUT2D eigenvalue weighted by Gasteiger charge is 2.12. The molecule has 1 aromatic rings. The number of aryl methyl sites for hydroxylation is 2. The molecule has 1 atom stereocenters. The monoisotopic (exact) mass is 213 g/mol. The molecule has 4 nitrogen and oxygen atoms in total. The quantitative estimate of drug-likeness (QED) is 0.742. The smallest absolute Gasteiger partial charge is 0.237 e. The molecule has 1 rings (SSSR count). The fraction of sp³-hybridized carbons (Fsp3) is 0.556. The van der Waals surface area contributed by atoms with Crippen molar-refractivity contribution in [3.8, 4) is 0 Å². The summed E-state index contributed by atoms with van der Waals surface area (Å²) in [6.45, 7) is 3.74. The van der Waals surface area contributed by atoms with Gasteiger partial charge >= 0.3 is 0 Å². The molecule has 1 unspecified atom stereocenters. The molecule has 0 radical (unpaired) electrons. The van der Waals surface area contributed by atoms with Gasteiger partial charge in [0.1, 0.15) is 0 Å². The first-order valence-electron chi connectivity index (χ1n) is 4.56. The van der Waals surface area contributed by atoms with E-state index in [0.717, 1.165) is 17.8 Å². The maximum absolute atomic E-state index is 11.4.